The van der Waals surface area contributed by atoms with E-state index in [-0.39, 0.29) is 6.61 Å². The first-order valence-corrected chi connectivity index (χ1v) is 7.59. The maximum atomic E-state index is 8.68. The second-order valence-electron chi connectivity index (χ2n) is 5.37. The van der Waals surface area contributed by atoms with Crippen LogP contribution in [0.4, 0.5) is 5.69 Å². The Hall–Kier alpha value is -1.55. The number of anilines is 1. The van der Waals surface area contributed by atoms with Crippen LogP contribution < -0.4 is 11.1 Å². The van der Waals surface area contributed by atoms with Gasteiger partial charge in [0.05, 0.1) is 0 Å². The van der Waals surface area contributed by atoms with E-state index < -0.39 is 0 Å². The number of aliphatic hydroxyl groups is 1. The summed E-state index contributed by atoms with van der Waals surface area (Å²) in [5.41, 5.74) is 9.83. The van der Waals surface area contributed by atoms with E-state index in [1.165, 1.54) is 30.4 Å². The number of hydrogen-bond acceptors (Lipinski definition) is 2. The molecule has 1 aliphatic carbocycles. The van der Waals surface area contributed by atoms with Crippen molar-refractivity contribution in [3.63, 3.8) is 0 Å². The molecule has 0 atom stereocenters. The molecule has 1 aromatic carbocycles. The zero-order valence-corrected chi connectivity index (χ0v) is 12.1. The van der Waals surface area contributed by atoms with Gasteiger partial charge in [0.1, 0.15) is 0 Å². The van der Waals surface area contributed by atoms with Gasteiger partial charge < -0.3 is 16.2 Å². The number of aryl methyl sites for hydroxylation is 2. The third kappa shape index (κ3) is 4.53. The minimum absolute atomic E-state index is 0.283. The number of benzene rings is 1. The molecule has 4 heteroatoms. The number of nitrogens with one attached hydrogen (secondary N) is 1. The molecule has 0 saturated carbocycles. The summed E-state index contributed by atoms with van der Waals surface area (Å²) < 4.78 is 0. The number of fused-ring (bicyclic) bond motifs is 1. The van der Waals surface area contributed by atoms with Gasteiger partial charge in [0.15, 0.2) is 5.96 Å². The van der Waals surface area contributed by atoms with Crippen LogP contribution in [-0.2, 0) is 12.8 Å². The van der Waals surface area contributed by atoms with Crippen LogP contribution in [0.15, 0.2) is 23.2 Å². The zero-order valence-electron chi connectivity index (χ0n) is 12.1. The summed E-state index contributed by atoms with van der Waals surface area (Å²) in [6.07, 6.45) is 7.69. The van der Waals surface area contributed by atoms with Crippen molar-refractivity contribution in [1.82, 2.24) is 0 Å². The highest BCUT2D eigenvalue weighted by molar-refractivity contribution is 5.92. The summed E-state index contributed by atoms with van der Waals surface area (Å²) >= 11 is 0. The van der Waals surface area contributed by atoms with E-state index in [9.17, 15) is 0 Å². The van der Waals surface area contributed by atoms with Crippen LogP contribution in [0.1, 0.15) is 43.2 Å². The van der Waals surface area contributed by atoms with Gasteiger partial charge in [-0.05, 0) is 55.4 Å². The van der Waals surface area contributed by atoms with Crippen LogP contribution in [0.2, 0.25) is 0 Å². The topological polar surface area (TPSA) is 70.6 Å². The van der Waals surface area contributed by atoms with Crippen LogP contribution in [0.25, 0.3) is 0 Å². The highest BCUT2D eigenvalue weighted by Gasteiger charge is 2.10. The Morgan fingerprint density at radius 1 is 1.15 bits per heavy atom. The molecule has 0 fully saturated rings. The molecule has 0 heterocycles. The second-order valence-corrected chi connectivity index (χ2v) is 5.37. The highest BCUT2D eigenvalue weighted by atomic mass is 16.2. The second kappa shape index (κ2) is 7.90. The van der Waals surface area contributed by atoms with Gasteiger partial charge in [0, 0.05) is 18.8 Å². The molecule has 0 spiro atoms. The minimum Gasteiger partial charge on any atom is -0.396 e. The van der Waals surface area contributed by atoms with Crippen LogP contribution >= 0.6 is 0 Å². The predicted octanol–water partition coefficient (Wildman–Crippen LogP) is 2.45. The van der Waals surface area contributed by atoms with Crippen LogP contribution in [0.3, 0.4) is 0 Å². The molecule has 20 heavy (non-hydrogen) atoms. The lowest BCUT2D eigenvalue weighted by molar-refractivity contribution is 0.282. The lowest BCUT2D eigenvalue weighted by atomic mass is 10.1. The van der Waals surface area contributed by atoms with E-state index in [0.29, 0.717) is 5.96 Å². The van der Waals surface area contributed by atoms with E-state index in [2.05, 4.69) is 28.5 Å². The number of aliphatic imine (C=N–C) groups is 1. The fourth-order valence-electron chi connectivity index (χ4n) is 2.61. The van der Waals surface area contributed by atoms with Crippen molar-refractivity contribution in [1.29, 1.82) is 0 Å². The highest BCUT2D eigenvalue weighted by Crippen LogP contribution is 2.24. The predicted molar refractivity (Wildman–Crippen MR) is 84.1 cm³/mol. The average molecular weight is 275 g/mol. The van der Waals surface area contributed by atoms with Crippen LogP contribution in [0.5, 0.6) is 0 Å². The minimum atomic E-state index is 0.283. The van der Waals surface area contributed by atoms with E-state index in [0.717, 1.165) is 37.9 Å². The number of rotatable bonds is 7. The Kier molecular flexibility index (Phi) is 5.87. The third-order valence-electron chi connectivity index (χ3n) is 3.72. The largest absolute Gasteiger partial charge is 0.396 e. The smallest absolute Gasteiger partial charge is 0.193 e. The molecule has 110 valence electrons. The molecular formula is C16H25N3O. The molecule has 2 rings (SSSR count). The van der Waals surface area contributed by atoms with Gasteiger partial charge in [0.25, 0.3) is 0 Å². The molecular weight excluding hydrogens is 250 g/mol. The summed E-state index contributed by atoms with van der Waals surface area (Å²) in [5.74, 6) is 0.491. The normalized spacial score (nSPS) is 14.3. The SMILES string of the molecule is NC(=NCCCCCCO)Nc1ccc2c(c1)CCC2. The molecule has 0 radical (unpaired) electrons. The van der Waals surface area contributed by atoms with E-state index >= 15 is 0 Å². The summed E-state index contributed by atoms with van der Waals surface area (Å²) in [6.45, 7) is 1.03. The summed E-state index contributed by atoms with van der Waals surface area (Å²) in [7, 11) is 0. The van der Waals surface area contributed by atoms with Gasteiger partial charge in [-0.25, -0.2) is 0 Å². The van der Waals surface area contributed by atoms with Crippen molar-refractivity contribution in [3.8, 4) is 0 Å². The monoisotopic (exact) mass is 275 g/mol. The Labute approximate surface area is 121 Å². The van der Waals surface area contributed by atoms with Gasteiger partial charge in [-0.2, -0.15) is 0 Å². The molecule has 0 amide bonds. The van der Waals surface area contributed by atoms with Gasteiger partial charge in [0.2, 0.25) is 0 Å². The molecule has 0 aliphatic heterocycles. The van der Waals surface area contributed by atoms with Crippen LogP contribution in [-0.4, -0.2) is 24.2 Å². The van der Waals surface area contributed by atoms with Crippen molar-refractivity contribution in [2.24, 2.45) is 10.7 Å². The number of guanidine groups is 1. The van der Waals surface area contributed by atoms with Crippen molar-refractivity contribution < 1.29 is 5.11 Å². The number of nitrogens with zero attached hydrogens (tertiary/aromatic N) is 1. The lowest BCUT2D eigenvalue weighted by Crippen LogP contribution is -2.22. The Balaban J connectivity index is 1.74. The number of hydrogen-bond donors (Lipinski definition) is 3. The van der Waals surface area contributed by atoms with E-state index in [1.807, 2.05) is 0 Å². The molecule has 1 aliphatic rings. The van der Waals surface area contributed by atoms with Crippen molar-refractivity contribution in [3.05, 3.63) is 29.3 Å². The van der Waals surface area contributed by atoms with E-state index in [4.69, 9.17) is 10.8 Å². The van der Waals surface area contributed by atoms with Gasteiger partial charge >= 0.3 is 0 Å². The maximum Gasteiger partial charge on any atom is 0.193 e. The van der Waals surface area contributed by atoms with Crippen molar-refractivity contribution in [2.75, 3.05) is 18.5 Å². The Morgan fingerprint density at radius 3 is 2.80 bits per heavy atom. The molecule has 4 nitrogen and oxygen atoms in total. The number of unbranched alkanes of at least 4 members (excludes halogenated alkanes) is 3. The van der Waals surface area contributed by atoms with Crippen molar-refractivity contribution >= 4 is 11.6 Å². The molecule has 0 bridgehead atoms. The first-order valence-electron chi connectivity index (χ1n) is 7.59. The molecule has 4 N–H and O–H groups in total. The molecule has 0 aromatic heterocycles. The van der Waals surface area contributed by atoms with Crippen molar-refractivity contribution in [2.45, 2.75) is 44.9 Å². The fraction of sp³-hybridized carbons (Fsp3) is 0.562. The van der Waals surface area contributed by atoms with Gasteiger partial charge in [-0.15, -0.1) is 0 Å². The Bertz CT molecular complexity index is 457. The Morgan fingerprint density at radius 2 is 1.95 bits per heavy atom. The van der Waals surface area contributed by atoms with Gasteiger partial charge in [-0.1, -0.05) is 18.9 Å². The summed E-state index contributed by atoms with van der Waals surface area (Å²) in [6, 6.07) is 6.45. The summed E-state index contributed by atoms with van der Waals surface area (Å²) in [5, 5.41) is 11.8. The fourth-order valence-corrected chi connectivity index (χ4v) is 2.61. The van der Waals surface area contributed by atoms with Crippen LogP contribution in [0, 0.1) is 0 Å². The van der Waals surface area contributed by atoms with E-state index in [1.54, 1.807) is 0 Å². The quantitative estimate of drug-likeness (QED) is 0.407. The first kappa shape index (κ1) is 14.9. The average Bonchev–Trinajstić information content (AvgIpc) is 2.90. The molecule has 1 aromatic rings. The van der Waals surface area contributed by atoms with Gasteiger partial charge in [-0.3, -0.25) is 4.99 Å². The standard InChI is InChI=1S/C16H25N3O/c17-16(18-10-3-1-2-4-11-20)19-15-9-8-13-6-5-7-14(13)12-15/h8-9,12,20H,1-7,10-11H2,(H3,17,18,19). The molecule has 0 unspecified atom stereocenters. The first-order chi connectivity index (χ1) is 9.79. The maximum absolute atomic E-state index is 8.68. The number of aliphatic hydroxyl groups excluding tert-OH is 1. The summed E-state index contributed by atoms with van der Waals surface area (Å²) in [4.78, 5) is 4.33. The molecule has 0 saturated heterocycles. The zero-order chi connectivity index (χ0) is 14.2. The number of nitrogens with two attached hydrogens (primary N) is 1. The third-order valence-corrected chi connectivity index (χ3v) is 3.72. The lowest BCUT2D eigenvalue weighted by Gasteiger charge is -2.08.